The highest BCUT2D eigenvalue weighted by atomic mass is 16.6. The van der Waals surface area contributed by atoms with E-state index in [1.54, 1.807) is 6.08 Å². The van der Waals surface area contributed by atoms with Gasteiger partial charge in [-0.2, -0.15) is 0 Å². The van der Waals surface area contributed by atoms with Crippen molar-refractivity contribution < 1.29 is 43.6 Å². The van der Waals surface area contributed by atoms with Crippen LogP contribution in [-0.2, 0) is 33.4 Å². The number of ether oxygens (including phenoxy) is 3. The van der Waals surface area contributed by atoms with Gasteiger partial charge in [0.05, 0.1) is 6.10 Å². The number of Topliss-reactive ketones (excluding diaryl/α,β-unsaturated/α-hetero) is 1. The summed E-state index contributed by atoms with van der Waals surface area (Å²) in [6.45, 7) is 5.55. The summed E-state index contributed by atoms with van der Waals surface area (Å²) in [4.78, 5) is 52.4. The molecule has 2 bridgehead atoms. The lowest BCUT2D eigenvalue weighted by molar-refractivity contribution is -0.199. The summed E-state index contributed by atoms with van der Waals surface area (Å²) in [5.41, 5.74) is -4.20. The second-order valence-corrected chi connectivity index (χ2v) is 8.52. The molecule has 0 aromatic heterocycles. The molecule has 0 radical (unpaired) electrons. The molecule has 2 aliphatic rings. The number of rotatable bonds is 2. The highest BCUT2D eigenvalue weighted by Gasteiger charge is 2.53. The standard InChI is InChI=1S/C21H31NO9/c1-12-10-21(28,13(2)23)19(27)30-16-7-9-22(5)8-6-15(17(16)25)11-29-18(26)20(12,4)31-14(3)24/h6,12-13,16,23,28H,7-11H2,1-5H3/b15-6-. The first-order valence-corrected chi connectivity index (χ1v) is 10.2. The third-order valence-corrected chi connectivity index (χ3v) is 6.00. The van der Waals surface area contributed by atoms with Gasteiger partial charge in [0, 0.05) is 37.9 Å². The molecular formula is C21H31NO9. The van der Waals surface area contributed by atoms with Gasteiger partial charge in [0.15, 0.2) is 11.7 Å². The number of carbonyl (C=O) groups excluding carboxylic acids is 4. The molecule has 0 saturated carbocycles. The lowest BCUT2D eigenvalue weighted by atomic mass is 9.78. The van der Waals surface area contributed by atoms with Crippen molar-refractivity contribution in [3.8, 4) is 0 Å². The number of hydrogen-bond acceptors (Lipinski definition) is 10. The van der Waals surface area contributed by atoms with Crippen LogP contribution in [0.15, 0.2) is 11.6 Å². The van der Waals surface area contributed by atoms with Gasteiger partial charge in [-0.05, 0) is 27.3 Å². The molecule has 5 atom stereocenters. The Bertz CT molecular complexity index is 777. The molecule has 10 heteroatoms. The first kappa shape index (κ1) is 25.0. The molecule has 0 amide bonds. The Hall–Kier alpha value is -2.30. The van der Waals surface area contributed by atoms with Crippen molar-refractivity contribution in [2.24, 2.45) is 5.92 Å². The average molecular weight is 441 g/mol. The maximum Gasteiger partial charge on any atom is 0.350 e. The van der Waals surface area contributed by atoms with Gasteiger partial charge in [-0.15, -0.1) is 0 Å². The minimum absolute atomic E-state index is 0.122. The van der Waals surface area contributed by atoms with Crippen LogP contribution in [0.25, 0.3) is 0 Å². The zero-order chi connectivity index (χ0) is 23.6. The second-order valence-electron chi connectivity index (χ2n) is 8.52. The Morgan fingerprint density at radius 2 is 1.97 bits per heavy atom. The number of nitrogens with zero attached hydrogens (tertiary/aromatic N) is 1. The summed E-state index contributed by atoms with van der Waals surface area (Å²) in [6.07, 6.45) is -1.53. The third kappa shape index (κ3) is 5.31. The molecule has 0 aliphatic carbocycles. The smallest absolute Gasteiger partial charge is 0.350 e. The van der Waals surface area contributed by atoms with E-state index in [9.17, 15) is 29.4 Å². The number of hydrogen-bond donors (Lipinski definition) is 2. The summed E-state index contributed by atoms with van der Waals surface area (Å²) in [5, 5.41) is 21.2. The fourth-order valence-corrected chi connectivity index (χ4v) is 3.62. The highest BCUT2D eigenvalue weighted by molar-refractivity contribution is 6.01. The third-order valence-electron chi connectivity index (χ3n) is 6.00. The van der Waals surface area contributed by atoms with Crippen molar-refractivity contribution in [2.75, 3.05) is 26.7 Å². The molecule has 10 nitrogen and oxygen atoms in total. The fraction of sp³-hybridized carbons (Fsp3) is 0.714. The number of fused-ring (bicyclic) bond motifs is 2. The quantitative estimate of drug-likeness (QED) is 0.435. The van der Waals surface area contributed by atoms with Crippen LogP contribution in [-0.4, -0.2) is 89.0 Å². The predicted molar refractivity (Wildman–Crippen MR) is 107 cm³/mol. The number of cyclic esters (lactones) is 1. The van der Waals surface area contributed by atoms with E-state index in [0.29, 0.717) is 13.1 Å². The minimum Gasteiger partial charge on any atom is -0.458 e. The Labute approximate surface area is 181 Å². The number of likely N-dealkylation sites (N-methyl/N-ethyl adjacent to an activating group) is 1. The SMILES string of the molecule is CC(=O)OC1(C)C(=O)OC/C2=C/CN(C)CCC(OC(=O)C(O)(C(C)O)CC1C)C2=O. The molecule has 0 aromatic carbocycles. The van der Waals surface area contributed by atoms with E-state index >= 15 is 0 Å². The molecule has 0 spiro atoms. The molecule has 0 aromatic rings. The van der Waals surface area contributed by atoms with E-state index in [1.165, 1.54) is 20.8 Å². The van der Waals surface area contributed by atoms with Crippen molar-refractivity contribution in [1.82, 2.24) is 4.90 Å². The average Bonchev–Trinajstić information content (AvgIpc) is 2.67. The van der Waals surface area contributed by atoms with Gasteiger partial charge in [-0.1, -0.05) is 13.0 Å². The van der Waals surface area contributed by atoms with Crippen molar-refractivity contribution in [3.63, 3.8) is 0 Å². The molecule has 2 rings (SSSR count). The number of aliphatic hydroxyl groups is 2. The minimum atomic E-state index is -2.45. The first-order valence-electron chi connectivity index (χ1n) is 10.2. The summed E-state index contributed by atoms with van der Waals surface area (Å²) in [6, 6.07) is 0. The van der Waals surface area contributed by atoms with Crippen LogP contribution in [0.2, 0.25) is 0 Å². The van der Waals surface area contributed by atoms with E-state index in [2.05, 4.69) is 0 Å². The topological polar surface area (TPSA) is 140 Å². The zero-order valence-electron chi connectivity index (χ0n) is 18.5. The van der Waals surface area contributed by atoms with Gasteiger partial charge in [0.2, 0.25) is 11.4 Å². The van der Waals surface area contributed by atoms with Crippen LogP contribution in [0.5, 0.6) is 0 Å². The summed E-state index contributed by atoms with van der Waals surface area (Å²) in [5.74, 6) is -4.39. The molecule has 2 N–H and O–H groups in total. The molecule has 2 aliphatic heterocycles. The lowest BCUT2D eigenvalue weighted by Gasteiger charge is -2.39. The number of ketones is 1. The Balaban J connectivity index is 2.56. The summed E-state index contributed by atoms with van der Waals surface area (Å²) >= 11 is 0. The van der Waals surface area contributed by atoms with E-state index in [1.807, 2.05) is 11.9 Å². The molecule has 31 heavy (non-hydrogen) atoms. The Morgan fingerprint density at radius 1 is 1.32 bits per heavy atom. The van der Waals surface area contributed by atoms with E-state index in [4.69, 9.17) is 14.2 Å². The van der Waals surface area contributed by atoms with Crippen LogP contribution >= 0.6 is 0 Å². The van der Waals surface area contributed by atoms with E-state index in [0.717, 1.165) is 6.92 Å². The van der Waals surface area contributed by atoms with Crippen molar-refractivity contribution >= 4 is 23.7 Å². The van der Waals surface area contributed by atoms with E-state index in [-0.39, 0.29) is 18.6 Å². The molecule has 1 fully saturated rings. The molecule has 174 valence electrons. The Kier molecular flexibility index (Phi) is 7.61. The van der Waals surface area contributed by atoms with Crippen molar-refractivity contribution in [3.05, 3.63) is 11.6 Å². The normalized spacial score (nSPS) is 36.4. The monoisotopic (exact) mass is 441 g/mol. The van der Waals surface area contributed by atoms with Crippen molar-refractivity contribution in [2.45, 2.75) is 63.9 Å². The fourth-order valence-electron chi connectivity index (χ4n) is 3.62. The number of aliphatic hydroxyl groups excluding tert-OH is 1. The van der Waals surface area contributed by atoms with Gasteiger partial charge >= 0.3 is 17.9 Å². The zero-order valence-corrected chi connectivity index (χ0v) is 18.5. The van der Waals surface area contributed by atoms with E-state index < -0.39 is 59.4 Å². The van der Waals surface area contributed by atoms with Crippen LogP contribution in [0, 0.1) is 5.92 Å². The maximum absolute atomic E-state index is 13.0. The summed E-state index contributed by atoms with van der Waals surface area (Å²) in [7, 11) is 1.81. The Morgan fingerprint density at radius 3 is 2.55 bits per heavy atom. The van der Waals surface area contributed by atoms with Gasteiger partial charge in [-0.3, -0.25) is 9.59 Å². The second kappa shape index (κ2) is 9.46. The molecule has 1 saturated heterocycles. The molecule has 5 unspecified atom stereocenters. The van der Waals surface area contributed by atoms with Gasteiger partial charge in [0.1, 0.15) is 6.61 Å². The highest BCUT2D eigenvalue weighted by Crippen LogP contribution is 2.34. The van der Waals surface area contributed by atoms with Crippen molar-refractivity contribution in [1.29, 1.82) is 0 Å². The predicted octanol–water partition coefficient (Wildman–Crippen LogP) is -0.254. The van der Waals surface area contributed by atoms with Crippen LogP contribution in [0.4, 0.5) is 0 Å². The van der Waals surface area contributed by atoms with Gasteiger partial charge < -0.3 is 29.3 Å². The van der Waals surface area contributed by atoms with Crippen LogP contribution < -0.4 is 0 Å². The molecule has 2 heterocycles. The summed E-state index contributed by atoms with van der Waals surface area (Å²) < 4.78 is 16.0. The lowest BCUT2D eigenvalue weighted by Crippen LogP contribution is -2.57. The number of carbonyl (C=O) groups is 4. The first-order chi connectivity index (χ1) is 14.3. The largest absolute Gasteiger partial charge is 0.458 e. The maximum atomic E-state index is 13.0. The van der Waals surface area contributed by atoms with Gasteiger partial charge in [0.25, 0.3) is 0 Å². The van der Waals surface area contributed by atoms with Crippen LogP contribution in [0.1, 0.15) is 40.5 Å². The number of esters is 3. The molecular weight excluding hydrogens is 410 g/mol. The van der Waals surface area contributed by atoms with Crippen LogP contribution in [0.3, 0.4) is 0 Å². The van der Waals surface area contributed by atoms with Gasteiger partial charge in [-0.25, -0.2) is 9.59 Å².